The van der Waals surface area contributed by atoms with Gasteiger partial charge in [0, 0.05) is 11.3 Å². The summed E-state index contributed by atoms with van der Waals surface area (Å²) in [5, 5.41) is 4.73. The first-order chi connectivity index (χ1) is 8.30. The number of halogens is 2. The average molecular weight is 306 g/mol. The van der Waals surface area contributed by atoms with Crippen molar-refractivity contribution in [3.8, 4) is 5.69 Å². The molecule has 8 heteroatoms. The lowest BCUT2D eigenvalue weighted by molar-refractivity contribution is 0.602. The number of benzene rings is 1. The first-order valence-corrected chi connectivity index (χ1v) is 7.44. The zero-order valence-corrected chi connectivity index (χ0v) is 11.6. The number of nitrogen functional groups attached to an aromatic ring is 1. The van der Waals surface area contributed by atoms with E-state index in [1.54, 1.807) is 12.1 Å². The molecule has 0 spiro atoms. The minimum Gasteiger partial charge on any atom is -0.382 e. The highest BCUT2D eigenvalue weighted by Gasteiger charge is 2.18. The van der Waals surface area contributed by atoms with E-state index in [9.17, 15) is 8.42 Å². The minimum absolute atomic E-state index is 0.0155. The highest BCUT2D eigenvalue weighted by molar-refractivity contribution is 7.90. The van der Waals surface area contributed by atoms with Gasteiger partial charge in [-0.3, -0.25) is 0 Å². The summed E-state index contributed by atoms with van der Waals surface area (Å²) in [6.45, 7) is 0. The van der Waals surface area contributed by atoms with Gasteiger partial charge in [0.15, 0.2) is 9.84 Å². The lowest BCUT2D eigenvalue weighted by Gasteiger charge is -2.07. The Kier molecular flexibility index (Phi) is 3.27. The lowest BCUT2D eigenvalue weighted by atomic mass is 10.3. The van der Waals surface area contributed by atoms with Gasteiger partial charge in [0.1, 0.15) is 10.7 Å². The van der Waals surface area contributed by atoms with Crippen LogP contribution in [0.15, 0.2) is 29.3 Å². The zero-order valence-electron chi connectivity index (χ0n) is 9.26. The summed E-state index contributed by atoms with van der Waals surface area (Å²) >= 11 is 11.8. The molecule has 0 atom stereocenters. The number of hydrogen-bond acceptors (Lipinski definition) is 4. The first-order valence-electron chi connectivity index (χ1n) is 4.79. The molecule has 2 aromatic rings. The number of anilines is 1. The Morgan fingerprint density at radius 3 is 2.50 bits per heavy atom. The lowest BCUT2D eigenvalue weighted by Crippen LogP contribution is -2.06. The van der Waals surface area contributed by atoms with Gasteiger partial charge in [-0.15, -0.1) is 0 Å². The second-order valence-corrected chi connectivity index (χ2v) is 6.50. The highest BCUT2D eigenvalue weighted by Crippen LogP contribution is 2.28. The van der Waals surface area contributed by atoms with Crippen molar-refractivity contribution in [2.45, 2.75) is 4.90 Å². The van der Waals surface area contributed by atoms with E-state index < -0.39 is 9.84 Å². The number of nitrogens with zero attached hydrogens (tertiary/aromatic N) is 2. The largest absolute Gasteiger partial charge is 0.382 e. The van der Waals surface area contributed by atoms with Crippen LogP contribution in [0.25, 0.3) is 5.69 Å². The molecule has 0 aliphatic rings. The van der Waals surface area contributed by atoms with Crippen molar-refractivity contribution < 1.29 is 8.42 Å². The Morgan fingerprint density at radius 1 is 1.33 bits per heavy atom. The van der Waals surface area contributed by atoms with Crippen LogP contribution in [0.2, 0.25) is 10.0 Å². The quantitative estimate of drug-likeness (QED) is 0.922. The summed E-state index contributed by atoms with van der Waals surface area (Å²) in [5.74, 6) is 0.0155. The van der Waals surface area contributed by atoms with Gasteiger partial charge in [-0.05, 0) is 18.2 Å². The zero-order chi connectivity index (χ0) is 13.5. The normalized spacial score (nSPS) is 11.7. The van der Waals surface area contributed by atoms with E-state index in [0.717, 1.165) is 6.26 Å². The van der Waals surface area contributed by atoms with Crippen LogP contribution in [-0.4, -0.2) is 24.5 Å². The van der Waals surface area contributed by atoms with Crippen molar-refractivity contribution in [1.82, 2.24) is 9.78 Å². The minimum atomic E-state index is -3.42. The van der Waals surface area contributed by atoms with Crippen LogP contribution in [0.3, 0.4) is 0 Å². The van der Waals surface area contributed by atoms with Crippen molar-refractivity contribution in [2.24, 2.45) is 0 Å². The smallest absolute Gasteiger partial charge is 0.180 e. The van der Waals surface area contributed by atoms with Crippen LogP contribution in [0.4, 0.5) is 5.82 Å². The topological polar surface area (TPSA) is 78.0 Å². The van der Waals surface area contributed by atoms with Gasteiger partial charge >= 0.3 is 0 Å². The van der Waals surface area contributed by atoms with E-state index in [2.05, 4.69) is 5.10 Å². The predicted molar refractivity (Wildman–Crippen MR) is 71.1 cm³/mol. The third-order valence-corrected chi connectivity index (χ3v) is 3.96. The number of hydrogen-bond donors (Lipinski definition) is 1. The SMILES string of the molecule is CS(=O)(=O)c1cnn(-c2ccc(Cl)cc2Cl)c1N. The second-order valence-electron chi connectivity index (χ2n) is 3.67. The molecule has 2 N–H and O–H groups in total. The molecule has 1 aromatic carbocycles. The number of rotatable bonds is 2. The molecule has 0 saturated carbocycles. The molecule has 0 amide bonds. The molecule has 1 heterocycles. The number of nitrogens with two attached hydrogens (primary N) is 1. The Balaban J connectivity index is 2.63. The third kappa shape index (κ3) is 2.31. The van der Waals surface area contributed by atoms with E-state index in [4.69, 9.17) is 28.9 Å². The molecule has 5 nitrogen and oxygen atoms in total. The van der Waals surface area contributed by atoms with E-state index in [1.807, 2.05) is 0 Å². The second kappa shape index (κ2) is 4.46. The molecular formula is C10H9Cl2N3O2S. The van der Waals surface area contributed by atoms with Gasteiger partial charge in [-0.1, -0.05) is 23.2 Å². The molecule has 0 aliphatic carbocycles. The van der Waals surface area contributed by atoms with Crippen LogP contribution in [-0.2, 0) is 9.84 Å². The van der Waals surface area contributed by atoms with E-state index >= 15 is 0 Å². The summed E-state index contributed by atoms with van der Waals surface area (Å²) in [5.41, 5.74) is 6.22. The molecule has 96 valence electrons. The van der Waals surface area contributed by atoms with Gasteiger partial charge in [-0.25, -0.2) is 13.1 Å². The maximum Gasteiger partial charge on any atom is 0.180 e. The van der Waals surface area contributed by atoms with E-state index in [0.29, 0.717) is 15.7 Å². The van der Waals surface area contributed by atoms with Crippen molar-refractivity contribution in [2.75, 3.05) is 12.0 Å². The number of sulfone groups is 1. The fraction of sp³-hybridized carbons (Fsp3) is 0.100. The fourth-order valence-electron chi connectivity index (χ4n) is 1.47. The third-order valence-electron chi connectivity index (χ3n) is 2.31. The predicted octanol–water partition coefficient (Wildman–Crippen LogP) is 2.16. The van der Waals surface area contributed by atoms with Crippen LogP contribution >= 0.6 is 23.2 Å². The van der Waals surface area contributed by atoms with Gasteiger partial charge in [0.2, 0.25) is 0 Å². The molecule has 2 rings (SSSR count). The van der Waals surface area contributed by atoms with Crippen molar-refractivity contribution >= 4 is 38.9 Å². The first kappa shape index (κ1) is 13.2. The van der Waals surface area contributed by atoms with Crippen LogP contribution in [0, 0.1) is 0 Å². The van der Waals surface area contributed by atoms with Gasteiger partial charge < -0.3 is 5.73 Å². The average Bonchev–Trinajstić information content (AvgIpc) is 2.60. The van der Waals surface area contributed by atoms with Crippen molar-refractivity contribution in [3.05, 3.63) is 34.4 Å². The molecule has 1 aromatic heterocycles. The molecule has 0 bridgehead atoms. The van der Waals surface area contributed by atoms with Crippen molar-refractivity contribution in [3.63, 3.8) is 0 Å². The molecule has 0 fully saturated rings. The van der Waals surface area contributed by atoms with Gasteiger partial charge in [0.25, 0.3) is 0 Å². The Hall–Kier alpha value is -1.24. The molecule has 0 radical (unpaired) electrons. The van der Waals surface area contributed by atoms with E-state index in [1.165, 1.54) is 16.9 Å². The highest BCUT2D eigenvalue weighted by atomic mass is 35.5. The summed E-state index contributed by atoms with van der Waals surface area (Å²) in [6, 6.07) is 4.75. The molecular weight excluding hydrogens is 297 g/mol. The number of aromatic nitrogens is 2. The fourth-order valence-corrected chi connectivity index (χ4v) is 2.67. The molecule has 0 aliphatic heterocycles. The molecule has 0 saturated heterocycles. The maximum atomic E-state index is 11.4. The summed E-state index contributed by atoms with van der Waals surface area (Å²) in [7, 11) is -3.42. The van der Waals surface area contributed by atoms with Gasteiger partial charge in [-0.2, -0.15) is 5.10 Å². The molecule has 18 heavy (non-hydrogen) atoms. The van der Waals surface area contributed by atoms with Crippen LogP contribution in [0.5, 0.6) is 0 Å². The maximum absolute atomic E-state index is 11.4. The van der Waals surface area contributed by atoms with E-state index in [-0.39, 0.29) is 10.7 Å². The molecule has 0 unspecified atom stereocenters. The van der Waals surface area contributed by atoms with Crippen LogP contribution < -0.4 is 5.73 Å². The summed E-state index contributed by atoms with van der Waals surface area (Å²) in [4.78, 5) is -0.0338. The Morgan fingerprint density at radius 2 is 2.00 bits per heavy atom. The van der Waals surface area contributed by atoms with Gasteiger partial charge in [0.05, 0.1) is 16.9 Å². The standard InChI is InChI=1S/C10H9Cl2N3O2S/c1-18(16,17)9-5-14-15(10(9)13)8-3-2-6(11)4-7(8)12/h2-5H,13H2,1H3. The van der Waals surface area contributed by atoms with Crippen molar-refractivity contribution in [1.29, 1.82) is 0 Å². The summed E-state index contributed by atoms with van der Waals surface area (Å²) in [6.07, 6.45) is 2.25. The van der Waals surface area contributed by atoms with Crippen LogP contribution in [0.1, 0.15) is 0 Å². The Bertz CT molecular complexity index is 710. The monoisotopic (exact) mass is 305 g/mol. The summed E-state index contributed by atoms with van der Waals surface area (Å²) < 4.78 is 24.2. The Labute approximate surface area is 114 Å².